The molecule has 0 radical (unpaired) electrons. The Morgan fingerprint density at radius 3 is 1.80 bits per heavy atom. The largest absolute Gasteiger partial charge is 0.324 e. The molecule has 0 spiro atoms. The maximum Gasteiger partial charge on any atom is 0.0344 e. The lowest BCUT2D eigenvalue weighted by atomic mass is 9.83. The number of hydrogen-bond acceptors (Lipinski definition) is 1. The minimum absolute atomic E-state index is 0. The van der Waals surface area contributed by atoms with E-state index in [1.807, 2.05) is 6.07 Å². The van der Waals surface area contributed by atoms with Gasteiger partial charge >= 0.3 is 0 Å². The zero-order valence-electron chi connectivity index (χ0n) is 9.05. The van der Waals surface area contributed by atoms with Crippen LogP contribution in [-0.2, 0) is 0 Å². The van der Waals surface area contributed by atoms with Gasteiger partial charge in [0.05, 0.1) is 0 Å². The van der Waals surface area contributed by atoms with Gasteiger partial charge in [0.15, 0.2) is 0 Å². The van der Waals surface area contributed by atoms with E-state index in [1.165, 1.54) is 0 Å². The molecule has 2 N–H and O–H groups in total. The van der Waals surface area contributed by atoms with Crippen molar-refractivity contribution in [2.24, 2.45) is 11.1 Å². The van der Waals surface area contributed by atoms with Crippen molar-refractivity contribution in [2.45, 2.75) is 26.8 Å². The molecular formula is C11H16Br2ClN. The fourth-order valence-electron chi connectivity index (χ4n) is 1.25. The van der Waals surface area contributed by atoms with Crippen LogP contribution in [0.2, 0.25) is 0 Å². The number of nitrogens with two attached hydrogens (primary N) is 1. The summed E-state index contributed by atoms with van der Waals surface area (Å²) in [6.07, 6.45) is 0. The van der Waals surface area contributed by atoms with Gasteiger partial charge in [-0.05, 0) is 29.2 Å². The number of halogens is 3. The molecule has 0 aromatic heterocycles. The fourth-order valence-corrected chi connectivity index (χ4v) is 2.58. The first-order chi connectivity index (χ1) is 6.30. The maximum absolute atomic E-state index is 6.17. The van der Waals surface area contributed by atoms with Gasteiger partial charge in [0.1, 0.15) is 0 Å². The summed E-state index contributed by atoms with van der Waals surface area (Å²) >= 11 is 6.92. The topological polar surface area (TPSA) is 26.0 Å². The van der Waals surface area contributed by atoms with Crippen molar-refractivity contribution in [1.82, 2.24) is 0 Å². The van der Waals surface area contributed by atoms with Gasteiger partial charge in [0.25, 0.3) is 0 Å². The first kappa shape index (κ1) is 15.4. The van der Waals surface area contributed by atoms with Crippen LogP contribution in [0.15, 0.2) is 27.1 Å². The summed E-state index contributed by atoms with van der Waals surface area (Å²) in [5, 5.41) is 0. The molecule has 0 saturated heterocycles. The van der Waals surface area contributed by atoms with Crippen LogP contribution in [0.5, 0.6) is 0 Å². The quantitative estimate of drug-likeness (QED) is 0.776. The third-order valence-electron chi connectivity index (χ3n) is 2.18. The number of rotatable bonds is 1. The van der Waals surface area contributed by atoms with Gasteiger partial charge in [-0.1, -0.05) is 52.6 Å². The smallest absolute Gasteiger partial charge is 0.0344 e. The summed E-state index contributed by atoms with van der Waals surface area (Å²) in [7, 11) is 0. The molecule has 0 heterocycles. The monoisotopic (exact) mass is 355 g/mol. The summed E-state index contributed by atoms with van der Waals surface area (Å²) in [5.74, 6) is 0. The molecule has 0 saturated carbocycles. The predicted octanol–water partition coefficient (Wildman–Crippen LogP) is 4.68. The second kappa shape index (κ2) is 5.67. The summed E-state index contributed by atoms with van der Waals surface area (Å²) in [6.45, 7) is 6.44. The molecule has 0 amide bonds. The van der Waals surface area contributed by atoms with E-state index < -0.39 is 0 Å². The first-order valence-corrected chi connectivity index (χ1v) is 6.11. The highest BCUT2D eigenvalue weighted by Crippen LogP contribution is 2.33. The van der Waals surface area contributed by atoms with E-state index in [0.29, 0.717) is 0 Å². The highest BCUT2D eigenvalue weighted by molar-refractivity contribution is 9.11. The minimum atomic E-state index is 0. The fraction of sp³-hybridized carbons (Fsp3) is 0.455. The van der Waals surface area contributed by atoms with E-state index in [-0.39, 0.29) is 23.9 Å². The zero-order valence-corrected chi connectivity index (χ0v) is 13.0. The minimum Gasteiger partial charge on any atom is -0.324 e. The third kappa shape index (κ3) is 4.43. The van der Waals surface area contributed by atoms with E-state index >= 15 is 0 Å². The molecule has 0 unspecified atom stereocenters. The standard InChI is InChI=1S/C11H15Br2N.ClH/c1-11(2,3)10(14)7-4-8(12)6-9(13)5-7;/h4-6,10H,14H2,1-3H3;1H/t10-;/m0./s1. The number of benzene rings is 1. The van der Waals surface area contributed by atoms with Gasteiger partial charge in [-0.25, -0.2) is 0 Å². The van der Waals surface area contributed by atoms with Gasteiger partial charge in [-0.2, -0.15) is 0 Å². The Morgan fingerprint density at radius 2 is 1.47 bits per heavy atom. The Kier molecular flexibility index (Phi) is 5.83. The number of hydrogen-bond donors (Lipinski definition) is 1. The van der Waals surface area contributed by atoms with Gasteiger partial charge in [0.2, 0.25) is 0 Å². The predicted molar refractivity (Wildman–Crippen MR) is 75.5 cm³/mol. The second-order valence-corrected chi connectivity index (χ2v) is 6.38. The summed E-state index contributed by atoms with van der Waals surface area (Å²) in [6, 6.07) is 6.21. The summed E-state index contributed by atoms with van der Waals surface area (Å²) in [4.78, 5) is 0. The average molecular weight is 358 g/mol. The SMILES string of the molecule is CC(C)(C)[C@@H](N)c1cc(Br)cc(Br)c1.Cl. The van der Waals surface area contributed by atoms with Gasteiger partial charge < -0.3 is 5.73 Å². The molecule has 1 rings (SSSR count). The average Bonchev–Trinajstić information content (AvgIpc) is 1.99. The van der Waals surface area contributed by atoms with Crippen molar-refractivity contribution in [1.29, 1.82) is 0 Å². The van der Waals surface area contributed by atoms with Crippen molar-refractivity contribution in [2.75, 3.05) is 0 Å². The van der Waals surface area contributed by atoms with E-state index in [1.54, 1.807) is 0 Å². The van der Waals surface area contributed by atoms with Gasteiger partial charge in [-0.15, -0.1) is 12.4 Å². The van der Waals surface area contributed by atoms with E-state index in [0.717, 1.165) is 14.5 Å². The summed E-state index contributed by atoms with van der Waals surface area (Å²) in [5.41, 5.74) is 7.40. The Bertz CT molecular complexity index is 314. The van der Waals surface area contributed by atoms with Crippen LogP contribution in [0.25, 0.3) is 0 Å². The van der Waals surface area contributed by atoms with Crippen LogP contribution in [0, 0.1) is 5.41 Å². The van der Waals surface area contributed by atoms with Crippen LogP contribution >= 0.6 is 44.3 Å². The van der Waals surface area contributed by atoms with E-state index in [4.69, 9.17) is 5.73 Å². The zero-order chi connectivity index (χ0) is 10.9. The molecule has 15 heavy (non-hydrogen) atoms. The molecule has 1 atom stereocenters. The molecule has 86 valence electrons. The van der Waals surface area contributed by atoms with Crippen LogP contribution < -0.4 is 5.73 Å². The molecule has 0 fully saturated rings. The van der Waals surface area contributed by atoms with Crippen LogP contribution in [0.3, 0.4) is 0 Å². The molecule has 0 aliphatic heterocycles. The second-order valence-electron chi connectivity index (χ2n) is 4.55. The molecular weight excluding hydrogens is 341 g/mol. The summed E-state index contributed by atoms with van der Waals surface area (Å²) < 4.78 is 2.11. The highest BCUT2D eigenvalue weighted by atomic mass is 79.9. The van der Waals surface area contributed by atoms with Crippen LogP contribution in [0.4, 0.5) is 0 Å². The third-order valence-corrected chi connectivity index (χ3v) is 3.09. The van der Waals surface area contributed by atoms with Crippen molar-refractivity contribution >= 4 is 44.3 Å². The van der Waals surface area contributed by atoms with Gasteiger partial charge in [-0.3, -0.25) is 0 Å². The molecule has 0 bridgehead atoms. The normalized spacial score (nSPS) is 13.2. The highest BCUT2D eigenvalue weighted by Gasteiger charge is 2.22. The molecule has 1 aromatic carbocycles. The Hall–Kier alpha value is 0.430. The van der Waals surface area contributed by atoms with Crippen molar-refractivity contribution < 1.29 is 0 Å². The molecule has 0 aliphatic rings. The van der Waals surface area contributed by atoms with Crippen molar-refractivity contribution in [3.8, 4) is 0 Å². The van der Waals surface area contributed by atoms with E-state index in [9.17, 15) is 0 Å². The Balaban J connectivity index is 0.00000196. The van der Waals surface area contributed by atoms with Crippen LogP contribution in [0.1, 0.15) is 32.4 Å². The van der Waals surface area contributed by atoms with Crippen LogP contribution in [-0.4, -0.2) is 0 Å². The molecule has 0 aliphatic carbocycles. The lowest BCUT2D eigenvalue weighted by molar-refractivity contribution is 0.327. The molecule has 4 heteroatoms. The van der Waals surface area contributed by atoms with E-state index in [2.05, 4.69) is 64.8 Å². The molecule has 1 nitrogen and oxygen atoms in total. The maximum atomic E-state index is 6.17. The Morgan fingerprint density at radius 1 is 1.07 bits per heavy atom. The Labute approximate surface area is 114 Å². The molecule has 1 aromatic rings. The van der Waals surface area contributed by atoms with Gasteiger partial charge in [0, 0.05) is 15.0 Å². The van der Waals surface area contributed by atoms with Crippen molar-refractivity contribution in [3.05, 3.63) is 32.7 Å². The van der Waals surface area contributed by atoms with Crippen molar-refractivity contribution in [3.63, 3.8) is 0 Å². The first-order valence-electron chi connectivity index (χ1n) is 4.52. The lowest BCUT2D eigenvalue weighted by Crippen LogP contribution is -2.26. The lowest BCUT2D eigenvalue weighted by Gasteiger charge is -2.27.